The Labute approximate surface area is 149 Å². The monoisotopic (exact) mass is 357 g/mol. The first kappa shape index (κ1) is 17.7. The number of aromatic amines is 1. The molecule has 0 bridgehead atoms. The van der Waals surface area contributed by atoms with Crippen LogP contribution in [0.4, 0.5) is 5.69 Å². The fourth-order valence-corrected chi connectivity index (χ4v) is 2.58. The van der Waals surface area contributed by atoms with E-state index in [4.69, 9.17) is 9.47 Å². The number of aromatic nitrogens is 2. The van der Waals surface area contributed by atoms with Crippen LogP contribution in [0.2, 0.25) is 0 Å². The van der Waals surface area contributed by atoms with Gasteiger partial charge in [0.05, 0.1) is 12.8 Å². The Morgan fingerprint density at radius 3 is 2.65 bits per heavy atom. The van der Waals surface area contributed by atoms with Crippen molar-refractivity contribution in [2.24, 2.45) is 5.41 Å². The highest BCUT2D eigenvalue weighted by atomic mass is 16.5. The smallest absolute Gasteiger partial charge is 0.343 e. The number of H-pyrrole nitrogens is 1. The van der Waals surface area contributed by atoms with Gasteiger partial charge in [0.1, 0.15) is 23.6 Å². The second kappa shape index (κ2) is 6.29. The molecule has 0 unspecified atom stereocenters. The van der Waals surface area contributed by atoms with Gasteiger partial charge in [-0.25, -0.2) is 9.89 Å². The summed E-state index contributed by atoms with van der Waals surface area (Å²) in [5.74, 6) is -0.646. The maximum Gasteiger partial charge on any atom is 0.343 e. The van der Waals surface area contributed by atoms with Crippen LogP contribution < -0.4 is 15.6 Å². The van der Waals surface area contributed by atoms with Crippen molar-refractivity contribution < 1.29 is 19.1 Å². The molecule has 0 radical (unpaired) electrons. The molecule has 1 aromatic heterocycles. The highest BCUT2D eigenvalue weighted by molar-refractivity contribution is 6.06. The van der Waals surface area contributed by atoms with Gasteiger partial charge in [-0.2, -0.15) is 5.10 Å². The van der Waals surface area contributed by atoms with Crippen molar-refractivity contribution in [3.8, 4) is 16.9 Å². The van der Waals surface area contributed by atoms with Gasteiger partial charge in [-0.1, -0.05) is 20.8 Å². The number of nitrogens with zero attached hydrogens (tertiary/aromatic N) is 1. The average Bonchev–Trinajstić information content (AvgIpc) is 2.59. The highest BCUT2D eigenvalue weighted by Gasteiger charge is 2.30. The minimum absolute atomic E-state index is 0.0831. The van der Waals surface area contributed by atoms with Crippen LogP contribution in [0.15, 0.2) is 23.0 Å². The third kappa shape index (κ3) is 3.05. The molecule has 8 nitrogen and oxygen atoms in total. The molecular formula is C18H19N3O5. The molecule has 26 heavy (non-hydrogen) atoms. The van der Waals surface area contributed by atoms with Crippen molar-refractivity contribution in [3.63, 3.8) is 0 Å². The molecule has 0 spiro atoms. The quantitative estimate of drug-likeness (QED) is 0.797. The van der Waals surface area contributed by atoms with Crippen LogP contribution in [0.5, 0.6) is 5.75 Å². The summed E-state index contributed by atoms with van der Waals surface area (Å²) in [6.45, 7) is 5.38. The molecule has 3 rings (SSSR count). The fraction of sp³-hybridized carbons (Fsp3) is 0.333. The van der Waals surface area contributed by atoms with E-state index in [1.807, 2.05) is 0 Å². The number of esters is 1. The van der Waals surface area contributed by atoms with E-state index in [9.17, 15) is 14.4 Å². The molecule has 0 atom stereocenters. The number of amides is 1. The number of hydrogen-bond donors (Lipinski definition) is 2. The lowest BCUT2D eigenvalue weighted by Crippen LogP contribution is -2.29. The van der Waals surface area contributed by atoms with Gasteiger partial charge in [0.25, 0.3) is 5.56 Å². The van der Waals surface area contributed by atoms with E-state index in [1.165, 1.54) is 13.2 Å². The lowest BCUT2D eigenvalue weighted by molar-refractivity contribution is -0.123. The summed E-state index contributed by atoms with van der Waals surface area (Å²) < 4.78 is 10.6. The van der Waals surface area contributed by atoms with Gasteiger partial charge in [-0.15, -0.1) is 0 Å². The Hall–Kier alpha value is -3.16. The number of carbonyl (C=O) groups excluding carboxylic acids is 2. The van der Waals surface area contributed by atoms with Crippen LogP contribution in [0.25, 0.3) is 11.1 Å². The van der Waals surface area contributed by atoms with Crippen LogP contribution in [-0.2, 0) is 16.1 Å². The number of carbonyl (C=O) groups is 2. The Bertz CT molecular complexity index is 956. The van der Waals surface area contributed by atoms with Crippen LogP contribution in [0.1, 0.15) is 36.8 Å². The van der Waals surface area contributed by atoms with Gasteiger partial charge in [0.2, 0.25) is 5.91 Å². The van der Waals surface area contributed by atoms with Gasteiger partial charge in [-0.05, 0) is 12.1 Å². The summed E-state index contributed by atoms with van der Waals surface area (Å²) in [5, 5.41) is 9.07. The number of nitrogens with one attached hydrogen (secondary N) is 2. The Balaban J connectivity index is 2.18. The third-order valence-corrected chi connectivity index (χ3v) is 4.01. The van der Waals surface area contributed by atoms with Crippen molar-refractivity contribution in [3.05, 3.63) is 39.8 Å². The van der Waals surface area contributed by atoms with E-state index in [0.717, 1.165) is 0 Å². The van der Waals surface area contributed by atoms with E-state index in [1.54, 1.807) is 32.9 Å². The van der Waals surface area contributed by atoms with Crippen molar-refractivity contribution >= 4 is 17.6 Å². The third-order valence-electron chi connectivity index (χ3n) is 4.01. The zero-order chi connectivity index (χ0) is 19.1. The Morgan fingerprint density at radius 2 is 2.00 bits per heavy atom. The second-order valence-corrected chi connectivity index (χ2v) is 6.94. The zero-order valence-electron chi connectivity index (χ0n) is 14.9. The van der Waals surface area contributed by atoms with E-state index in [-0.39, 0.29) is 35.1 Å². The molecule has 2 N–H and O–H groups in total. The number of ether oxygens (including phenoxy) is 2. The summed E-state index contributed by atoms with van der Waals surface area (Å²) in [4.78, 5) is 36.4. The number of rotatable bonds is 2. The molecule has 136 valence electrons. The highest BCUT2D eigenvalue weighted by Crippen LogP contribution is 2.42. The van der Waals surface area contributed by atoms with E-state index in [2.05, 4.69) is 15.5 Å². The molecule has 2 aromatic rings. The van der Waals surface area contributed by atoms with Crippen LogP contribution in [0, 0.1) is 5.41 Å². The molecule has 1 amide bonds. The van der Waals surface area contributed by atoms with Gasteiger partial charge >= 0.3 is 5.97 Å². The molecule has 1 aromatic carbocycles. The minimum Gasteiger partial charge on any atom is -0.486 e. The topological polar surface area (TPSA) is 110 Å². The molecule has 8 heteroatoms. The molecule has 0 aliphatic carbocycles. The van der Waals surface area contributed by atoms with Gasteiger partial charge in [0.15, 0.2) is 0 Å². The summed E-state index contributed by atoms with van der Waals surface area (Å²) >= 11 is 0. The SMILES string of the molecule is COC(=O)c1c(NC(=O)C(C)(C)C)ccc2c1OCc1n[nH]c(=O)cc1-2. The first-order valence-electron chi connectivity index (χ1n) is 8.01. The Kier molecular flexibility index (Phi) is 4.27. The molecule has 0 saturated carbocycles. The number of benzene rings is 1. The first-order valence-corrected chi connectivity index (χ1v) is 8.01. The molecule has 1 aliphatic rings. The van der Waals surface area contributed by atoms with Crippen molar-refractivity contribution in [1.82, 2.24) is 10.2 Å². The first-order chi connectivity index (χ1) is 12.2. The standard InChI is InChI=1S/C18H19N3O5/c1-18(2,3)17(24)19-11-6-5-9-10-7-13(22)21-20-12(10)8-26-15(9)14(11)16(23)25-4/h5-7H,8H2,1-4H3,(H,19,24)(H,21,22). The van der Waals surface area contributed by atoms with Gasteiger partial charge in [0, 0.05) is 22.6 Å². The number of fused-ring (bicyclic) bond motifs is 3. The molecule has 2 heterocycles. The van der Waals surface area contributed by atoms with Gasteiger partial charge < -0.3 is 14.8 Å². The summed E-state index contributed by atoms with van der Waals surface area (Å²) in [6, 6.07) is 4.67. The minimum atomic E-state index is -0.646. The van der Waals surface area contributed by atoms with E-state index < -0.39 is 11.4 Å². The predicted molar refractivity (Wildman–Crippen MR) is 94.0 cm³/mol. The largest absolute Gasteiger partial charge is 0.486 e. The lowest BCUT2D eigenvalue weighted by atomic mass is 9.94. The normalized spacial score (nSPS) is 12.5. The summed E-state index contributed by atoms with van der Waals surface area (Å²) in [6.07, 6.45) is 0. The molecular weight excluding hydrogens is 338 g/mol. The summed E-state index contributed by atoms with van der Waals surface area (Å²) in [5.41, 5.74) is 1.06. The molecule has 1 aliphatic heterocycles. The van der Waals surface area contributed by atoms with E-state index >= 15 is 0 Å². The van der Waals surface area contributed by atoms with Crippen LogP contribution >= 0.6 is 0 Å². The van der Waals surface area contributed by atoms with E-state index in [0.29, 0.717) is 16.8 Å². The van der Waals surface area contributed by atoms with Crippen molar-refractivity contribution in [2.75, 3.05) is 12.4 Å². The Morgan fingerprint density at radius 1 is 1.27 bits per heavy atom. The predicted octanol–water partition coefficient (Wildman–Crippen LogP) is 2.10. The fourth-order valence-electron chi connectivity index (χ4n) is 2.58. The summed E-state index contributed by atoms with van der Waals surface area (Å²) in [7, 11) is 1.25. The number of methoxy groups -OCH3 is 1. The number of anilines is 1. The molecule has 0 saturated heterocycles. The van der Waals surface area contributed by atoms with Crippen LogP contribution in [0.3, 0.4) is 0 Å². The number of hydrogen-bond acceptors (Lipinski definition) is 6. The average molecular weight is 357 g/mol. The molecule has 0 fully saturated rings. The maximum atomic E-state index is 12.4. The van der Waals surface area contributed by atoms with Gasteiger partial charge in [-0.3, -0.25) is 9.59 Å². The van der Waals surface area contributed by atoms with Crippen molar-refractivity contribution in [2.45, 2.75) is 27.4 Å². The van der Waals surface area contributed by atoms with Crippen molar-refractivity contribution in [1.29, 1.82) is 0 Å². The zero-order valence-corrected chi connectivity index (χ0v) is 14.9. The van der Waals surface area contributed by atoms with Crippen LogP contribution in [-0.4, -0.2) is 29.2 Å². The maximum absolute atomic E-state index is 12.4. The second-order valence-electron chi connectivity index (χ2n) is 6.94. The lowest BCUT2D eigenvalue weighted by Gasteiger charge is -2.24.